The number of benzene rings is 3. The molecule has 1 aliphatic heterocycles. The van der Waals surface area contributed by atoms with E-state index >= 15 is 0 Å². The van der Waals surface area contributed by atoms with E-state index in [0.29, 0.717) is 27.4 Å². The molecule has 0 saturated carbocycles. The number of rotatable bonds is 6. The second-order valence-electron chi connectivity index (χ2n) is 8.52. The summed E-state index contributed by atoms with van der Waals surface area (Å²) in [5.74, 6) is 0.294. The van der Waals surface area contributed by atoms with Gasteiger partial charge in [0, 0.05) is 34.8 Å². The van der Waals surface area contributed by atoms with Crippen molar-refractivity contribution in [1.29, 1.82) is 0 Å². The molecule has 4 rings (SSSR count). The first-order valence-electron chi connectivity index (χ1n) is 11.0. The molecule has 1 N–H and O–H groups in total. The Morgan fingerprint density at radius 2 is 1.75 bits per heavy atom. The highest BCUT2D eigenvalue weighted by Crippen LogP contribution is 2.25. The predicted molar refractivity (Wildman–Crippen MR) is 129 cm³/mol. The van der Waals surface area contributed by atoms with Gasteiger partial charge in [0.1, 0.15) is 0 Å². The lowest BCUT2D eigenvalue weighted by atomic mass is 9.99. The second-order valence-corrected chi connectivity index (χ2v) is 8.96. The van der Waals surface area contributed by atoms with Gasteiger partial charge in [0.15, 0.2) is 5.78 Å². The molecule has 1 unspecified atom stereocenters. The van der Waals surface area contributed by atoms with Crippen LogP contribution in [0.5, 0.6) is 0 Å². The zero-order chi connectivity index (χ0) is 22.5. The molecule has 3 aromatic carbocycles. The molecule has 1 atom stereocenters. The molecule has 0 bridgehead atoms. The monoisotopic (exact) mass is 446 g/mol. The number of anilines is 1. The number of likely N-dealkylation sites (tertiary alicyclic amines) is 1. The summed E-state index contributed by atoms with van der Waals surface area (Å²) < 4.78 is 0. The number of halogens is 1. The molecule has 0 radical (unpaired) electrons. The second kappa shape index (κ2) is 10.1. The average molecular weight is 447 g/mol. The highest BCUT2D eigenvalue weighted by Gasteiger charge is 2.18. The Kier molecular flexibility index (Phi) is 7.03. The van der Waals surface area contributed by atoms with Crippen LogP contribution in [0.4, 0.5) is 5.69 Å². The topological polar surface area (TPSA) is 49.4 Å². The van der Waals surface area contributed by atoms with E-state index in [1.165, 1.54) is 18.4 Å². The lowest BCUT2D eigenvalue weighted by molar-refractivity contribution is 0.102. The van der Waals surface area contributed by atoms with Crippen LogP contribution in [-0.4, -0.2) is 29.7 Å². The number of ketones is 1. The number of nitrogens with zero attached hydrogens (tertiary/aromatic N) is 1. The summed E-state index contributed by atoms with van der Waals surface area (Å²) in [4.78, 5) is 28.3. The molecule has 1 aliphatic rings. The smallest absolute Gasteiger partial charge is 0.255 e. The first-order chi connectivity index (χ1) is 15.5. The van der Waals surface area contributed by atoms with Gasteiger partial charge in [-0.25, -0.2) is 0 Å². The van der Waals surface area contributed by atoms with Gasteiger partial charge in [-0.2, -0.15) is 0 Å². The van der Waals surface area contributed by atoms with Crippen molar-refractivity contribution >= 4 is 29.0 Å². The van der Waals surface area contributed by atoms with E-state index in [1.54, 1.807) is 30.3 Å². The number of hydrogen-bond donors (Lipinski definition) is 1. The van der Waals surface area contributed by atoms with Crippen LogP contribution in [0, 0.1) is 5.92 Å². The molecule has 32 heavy (non-hydrogen) atoms. The Morgan fingerprint density at radius 3 is 2.47 bits per heavy atom. The van der Waals surface area contributed by atoms with Crippen LogP contribution in [0.25, 0.3) is 0 Å². The maximum Gasteiger partial charge on any atom is 0.255 e. The summed E-state index contributed by atoms with van der Waals surface area (Å²) in [6, 6.07) is 21.6. The van der Waals surface area contributed by atoms with Crippen LogP contribution in [0.2, 0.25) is 5.02 Å². The quantitative estimate of drug-likeness (QED) is 0.468. The molecule has 1 heterocycles. The van der Waals surface area contributed by atoms with Crippen molar-refractivity contribution in [2.45, 2.75) is 26.3 Å². The number of piperidine rings is 1. The molecule has 1 amide bonds. The molecule has 0 spiro atoms. The Hall–Kier alpha value is -2.95. The Labute approximate surface area is 194 Å². The molecular weight excluding hydrogens is 420 g/mol. The molecule has 1 saturated heterocycles. The first-order valence-corrected chi connectivity index (χ1v) is 11.4. The molecule has 1 fully saturated rings. The van der Waals surface area contributed by atoms with Gasteiger partial charge in [-0.05, 0) is 61.2 Å². The highest BCUT2D eigenvalue weighted by molar-refractivity contribution is 6.31. The lowest BCUT2D eigenvalue weighted by Gasteiger charge is -2.30. The Balaban J connectivity index is 1.47. The third kappa shape index (κ3) is 5.45. The SMILES string of the molecule is CC1CCCN(Cc2ccc(C(=O)Nc3ccc(Cl)cc3C(=O)c3ccccc3)cc2)C1. The molecule has 164 valence electrons. The molecule has 0 aliphatic carbocycles. The minimum atomic E-state index is -0.257. The zero-order valence-electron chi connectivity index (χ0n) is 18.2. The van der Waals surface area contributed by atoms with Crippen LogP contribution in [-0.2, 0) is 6.54 Å². The van der Waals surface area contributed by atoms with Crippen LogP contribution >= 0.6 is 11.6 Å². The summed E-state index contributed by atoms with van der Waals surface area (Å²) >= 11 is 6.14. The van der Waals surface area contributed by atoms with Crippen molar-refractivity contribution in [1.82, 2.24) is 4.90 Å². The zero-order valence-corrected chi connectivity index (χ0v) is 18.9. The number of amides is 1. The number of nitrogens with one attached hydrogen (secondary N) is 1. The van der Waals surface area contributed by atoms with Crippen molar-refractivity contribution in [3.8, 4) is 0 Å². The highest BCUT2D eigenvalue weighted by atomic mass is 35.5. The third-order valence-electron chi connectivity index (χ3n) is 5.87. The van der Waals surface area contributed by atoms with Crippen LogP contribution in [0.3, 0.4) is 0 Å². The number of hydrogen-bond acceptors (Lipinski definition) is 3. The fraction of sp³-hybridized carbons (Fsp3) is 0.259. The molecule has 5 heteroatoms. The van der Waals surface area contributed by atoms with E-state index in [9.17, 15) is 9.59 Å². The van der Waals surface area contributed by atoms with E-state index < -0.39 is 0 Å². The van der Waals surface area contributed by atoms with Crippen molar-refractivity contribution in [3.05, 3.63) is 100 Å². The summed E-state index contributed by atoms with van der Waals surface area (Å²) in [5, 5.41) is 3.33. The summed E-state index contributed by atoms with van der Waals surface area (Å²) in [6.45, 7) is 5.45. The molecular formula is C27H27ClN2O2. The van der Waals surface area contributed by atoms with E-state index in [0.717, 1.165) is 25.6 Å². The Morgan fingerprint density at radius 1 is 1.00 bits per heavy atom. The normalized spacial score (nSPS) is 16.5. The third-order valence-corrected chi connectivity index (χ3v) is 6.11. The summed E-state index contributed by atoms with van der Waals surface area (Å²) in [5.41, 5.74) is 3.10. The van der Waals surface area contributed by atoms with Gasteiger partial charge in [0.25, 0.3) is 5.91 Å². The van der Waals surface area contributed by atoms with Gasteiger partial charge in [-0.15, -0.1) is 0 Å². The van der Waals surface area contributed by atoms with Crippen molar-refractivity contribution in [3.63, 3.8) is 0 Å². The molecule has 0 aromatic heterocycles. The number of carbonyl (C=O) groups excluding carboxylic acids is 2. The lowest BCUT2D eigenvalue weighted by Crippen LogP contribution is -2.33. The van der Waals surface area contributed by atoms with Gasteiger partial charge in [0.2, 0.25) is 0 Å². The van der Waals surface area contributed by atoms with Gasteiger partial charge in [-0.1, -0.05) is 61.0 Å². The predicted octanol–water partition coefficient (Wildman–Crippen LogP) is 6.06. The van der Waals surface area contributed by atoms with Crippen LogP contribution < -0.4 is 5.32 Å². The van der Waals surface area contributed by atoms with E-state index in [-0.39, 0.29) is 11.7 Å². The fourth-order valence-electron chi connectivity index (χ4n) is 4.20. The van der Waals surface area contributed by atoms with E-state index in [1.807, 2.05) is 42.5 Å². The van der Waals surface area contributed by atoms with Gasteiger partial charge in [0.05, 0.1) is 5.69 Å². The van der Waals surface area contributed by atoms with Gasteiger partial charge < -0.3 is 5.32 Å². The molecule has 4 nitrogen and oxygen atoms in total. The van der Waals surface area contributed by atoms with Crippen LogP contribution in [0.1, 0.15) is 51.6 Å². The fourth-order valence-corrected chi connectivity index (χ4v) is 4.37. The van der Waals surface area contributed by atoms with E-state index in [4.69, 9.17) is 11.6 Å². The minimum Gasteiger partial charge on any atom is -0.321 e. The van der Waals surface area contributed by atoms with Gasteiger partial charge in [-0.3, -0.25) is 14.5 Å². The average Bonchev–Trinajstić information content (AvgIpc) is 2.81. The van der Waals surface area contributed by atoms with Crippen molar-refractivity contribution < 1.29 is 9.59 Å². The van der Waals surface area contributed by atoms with Gasteiger partial charge >= 0.3 is 0 Å². The maximum atomic E-state index is 13.0. The van der Waals surface area contributed by atoms with E-state index in [2.05, 4.69) is 17.1 Å². The van der Waals surface area contributed by atoms with Crippen molar-refractivity contribution in [2.24, 2.45) is 5.92 Å². The molecule has 3 aromatic rings. The maximum absolute atomic E-state index is 13.0. The largest absolute Gasteiger partial charge is 0.321 e. The number of carbonyl (C=O) groups is 2. The summed E-state index contributed by atoms with van der Waals surface area (Å²) in [6.07, 6.45) is 2.54. The Bertz CT molecular complexity index is 1100. The van der Waals surface area contributed by atoms with Crippen molar-refractivity contribution in [2.75, 3.05) is 18.4 Å². The summed E-state index contributed by atoms with van der Waals surface area (Å²) in [7, 11) is 0. The first kappa shape index (κ1) is 22.3. The minimum absolute atomic E-state index is 0.186. The standard InChI is InChI=1S/C27H27ClN2O2/c1-19-6-5-15-30(17-19)18-20-9-11-22(12-10-20)27(32)29-25-14-13-23(28)16-24(25)26(31)21-7-3-2-4-8-21/h2-4,7-14,16,19H,5-6,15,17-18H2,1H3,(H,29,32). The van der Waals surface area contributed by atoms with Crippen LogP contribution in [0.15, 0.2) is 72.8 Å².